The average molecular weight is 276 g/mol. The number of rotatable bonds is 3. The SMILES string of the molecule is FC(F)(F)c1cccc(Cl)c1NCc1ncc[nH]1. The van der Waals surface area contributed by atoms with Crippen LogP contribution in [0.2, 0.25) is 5.02 Å². The highest BCUT2D eigenvalue weighted by atomic mass is 35.5. The van der Waals surface area contributed by atoms with Gasteiger partial charge in [-0.25, -0.2) is 4.98 Å². The molecule has 7 heteroatoms. The number of imidazole rings is 1. The van der Waals surface area contributed by atoms with E-state index in [1.807, 2.05) is 0 Å². The number of hydrogen-bond acceptors (Lipinski definition) is 2. The Labute approximate surface area is 106 Å². The largest absolute Gasteiger partial charge is 0.418 e. The van der Waals surface area contributed by atoms with E-state index in [1.54, 1.807) is 6.20 Å². The summed E-state index contributed by atoms with van der Waals surface area (Å²) >= 11 is 5.78. The molecule has 0 unspecified atom stereocenters. The molecule has 2 aromatic rings. The minimum absolute atomic E-state index is 0.0244. The van der Waals surface area contributed by atoms with Crippen LogP contribution in [-0.4, -0.2) is 9.97 Å². The number of nitrogens with zero attached hydrogens (tertiary/aromatic N) is 1. The lowest BCUT2D eigenvalue weighted by molar-refractivity contribution is -0.136. The fourth-order valence-corrected chi connectivity index (χ4v) is 1.75. The summed E-state index contributed by atoms with van der Waals surface area (Å²) in [5.41, 5.74) is -0.926. The highest BCUT2D eigenvalue weighted by Gasteiger charge is 2.34. The van der Waals surface area contributed by atoms with Gasteiger partial charge in [0.05, 0.1) is 22.8 Å². The highest BCUT2D eigenvalue weighted by molar-refractivity contribution is 6.33. The van der Waals surface area contributed by atoms with E-state index in [0.717, 1.165) is 6.07 Å². The van der Waals surface area contributed by atoms with E-state index in [-0.39, 0.29) is 17.3 Å². The van der Waals surface area contributed by atoms with Gasteiger partial charge in [0.1, 0.15) is 5.82 Å². The van der Waals surface area contributed by atoms with Crippen LogP contribution in [-0.2, 0) is 12.7 Å². The second-order valence-electron chi connectivity index (χ2n) is 3.55. The maximum absolute atomic E-state index is 12.8. The van der Waals surface area contributed by atoms with E-state index >= 15 is 0 Å². The number of anilines is 1. The number of nitrogens with one attached hydrogen (secondary N) is 2. The van der Waals surface area contributed by atoms with Crippen LogP contribution in [0.3, 0.4) is 0 Å². The van der Waals surface area contributed by atoms with E-state index in [1.165, 1.54) is 18.3 Å². The molecule has 0 fully saturated rings. The molecule has 0 spiro atoms. The zero-order chi connectivity index (χ0) is 13.2. The van der Waals surface area contributed by atoms with Gasteiger partial charge in [-0.1, -0.05) is 17.7 Å². The van der Waals surface area contributed by atoms with Gasteiger partial charge in [0.2, 0.25) is 0 Å². The average Bonchev–Trinajstić information content (AvgIpc) is 2.78. The van der Waals surface area contributed by atoms with Gasteiger partial charge in [-0.05, 0) is 12.1 Å². The minimum atomic E-state index is -4.45. The first kappa shape index (κ1) is 12.8. The van der Waals surface area contributed by atoms with Crippen LogP contribution in [0, 0.1) is 0 Å². The third-order valence-electron chi connectivity index (χ3n) is 2.31. The van der Waals surface area contributed by atoms with Crippen molar-refractivity contribution in [1.29, 1.82) is 0 Å². The number of benzene rings is 1. The Morgan fingerprint density at radius 3 is 2.72 bits per heavy atom. The number of aromatic nitrogens is 2. The molecule has 0 aliphatic rings. The lowest BCUT2D eigenvalue weighted by Gasteiger charge is -2.15. The van der Waals surface area contributed by atoms with E-state index in [0.29, 0.717) is 5.82 Å². The Kier molecular flexibility index (Phi) is 3.47. The van der Waals surface area contributed by atoms with Crippen molar-refractivity contribution in [3.05, 3.63) is 47.0 Å². The first-order valence-electron chi connectivity index (χ1n) is 5.06. The van der Waals surface area contributed by atoms with E-state index in [4.69, 9.17) is 11.6 Å². The Hall–Kier alpha value is -1.69. The zero-order valence-electron chi connectivity index (χ0n) is 9.05. The summed E-state index contributed by atoms with van der Waals surface area (Å²) in [7, 11) is 0. The van der Waals surface area contributed by atoms with E-state index in [2.05, 4.69) is 15.3 Å². The summed E-state index contributed by atoms with van der Waals surface area (Å²) in [6.07, 6.45) is -1.33. The van der Waals surface area contributed by atoms with Crippen molar-refractivity contribution < 1.29 is 13.2 Å². The molecule has 3 nitrogen and oxygen atoms in total. The molecule has 0 amide bonds. The maximum atomic E-state index is 12.8. The van der Waals surface area contributed by atoms with Crippen molar-refractivity contribution in [2.75, 3.05) is 5.32 Å². The van der Waals surface area contributed by atoms with Crippen molar-refractivity contribution in [3.63, 3.8) is 0 Å². The molecule has 2 N–H and O–H groups in total. The fraction of sp³-hybridized carbons (Fsp3) is 0.182. The maximum Gasteiger partial charge on any atom is 0.418 e. The molecular weight excluding hydrogens is 267 g/mol. The van der Waals surface area contributed by atoms with Crippen LogP contribution in [0.15, 0.2) is 30.6 Å². The molecule has 18 heavy (non-hydrogen) atoms. The lowest BCUT2D eigenvalue weighted by Crippen LogP contribution is -2.11. The van der Waals surface area contributed by atoms with Gasteiger partial charge in [0, 0.05) is 12.4 Å². The van der Waals surface area contributed by atoms with E-state index in [9.17, 15) is 13.2 Å². The van der Waals surface area contributed by atoms with E-state index < -0.39 is 11.7 Å². The second-order valence-corrected chi connectivity index (χ2v) is 3.96. The van der Waals surface area contributed by atoms with Gasteiger partial charge >= 0.3 is 6.18 Å². The molecule has 1 aromatic carbocycles. The number of halogens is 4. The first-order valence-corrected chi connectivity index (χ1v) is 5.44. The number of hydrogen-bond donors (Lipinski definition) is 2. The van der Waals surface area contributed by atoms with Crippen molar-refractivity contribution >= 4 is 17.3 Å². The normalized spacial score (nSPS) is 11.6. The summed E-state index contributed by atoms with van der Waals surface area (Å²) in [5, 5.41) is 2.67. The molecular formula is C11H9ClF3N3. The van der Waals surface area contributed by atoms with Crippen molar-refractivity contribution in [2.45, 2.75) is 12.7 Å². The third kappa shape index (κ3) is 2.76. The van der Waals surface area contributed by atoms with Gasteiger partial charge in [-0.15, -0.1) is 0 Å². The molecule has 0 saturated carbocycles. The fourth-order valence-electron chi connectivity index (χ4n) is 1.51. The first-order chi connectivity index (χ1) is 8.48. The van der Waals surface area contributed by atoms with Gasteiger partial charge in [-0.2, -0.15) is 13.2 Å². The summed E-state index contributed by atoms with van der Waals surface area (Å²) < 4.78 is 38.3. The quantitative estimate of drug-likeness (QED) is 0.897. The Bertz CT molecular complexity index is 523. The van der Waals surface area contributed by atoms with Gasteiger partial charge in [-0.3, -0.25) is 0 Å². The van der Waals surface area contributed by atoms with Crippen LogP contribution in [0.1, 0.15) is 11.4 Å². The highest BCUT2D eigenvalue weighted by Crippen LogP contribution is 2.38. The molecule has 2 rings (SSSR count). The summed E-state index contributed by atoms with van der Waals surface area (Å²) in [4.78, 5) is 6.70. The van der Waals surface area contributed by atoms with Crippen LogP contribution in [0.4, 0.5) is 18.9 Å². The number of para-hydroxylation sites is 1. The smallest absolute Gasteiger partial charge is 0.376 e. The lowest BCUT2D eigenvalue weighted by atomic mass is 10.1. The van der Waals surface area contributed by atoms with Crippen LogP contribution < -0.4 is 5.32 Å². The Morgan fingerprint density at radius 1 is 1.33 bits per heavy atom. The summed E-state index contributed by atoms with van der Waals surface area (Å²) in [5.74, 6) is 0.531. The van der Waals surface area contributed by atoms with Crippen molar-refractivity contribution in [3.8, 4) is 0 Å². The molecule has 0 atom stereocenters. The Morgan fingerprint density at radius 2 is 2.11 bits per heavy atom. The zero-order valence-corrected chi connectivity index (χ0v) is 9.81. The number of aromatic amines is 1. The summed E-state index contributed by atoms with van der Waals surface area (Å²) in [6.45, 7) is 0.139. The molecule has 0 radical (unpaired) electrons. The minimum Gasteiger partial charge on any atom is -0.376 e. The summed E-state index contributed by atoms with van der Waals surface area (Å²) in [6, 6.07) is 3.65. The number of H-pyrrole nitrogens is 1. The number of alkyl halides is 3. The molecule has 1 heterocycles. The van der Waals surface area contributed by atoms with Crippen molar-refractivity contribution in [1.82, 2.24) is 9.97 Å². The third-order valence-corrected chi connectivity index (χ3v) is 2.62. The molecule has 0 saturated heterocycles. The molecule has 1 aromatic heterocycles. The topological polar surface area (TPSA) is 40.7 Å². The Balaban J connectivity index is 2.26. The molecule has 0 aliphatic carbocycles. The van der Waals surface area contributed by atoms with Gasteiger partial charge in [0.15, 0.2) is 0 Å². The van der Waals surface area contributed by atoms with Gasteiger partial charge < -0.3 is 10.3 Å². The monoisotopic (exact) mass is 275 g/mol. The standard InChI is InChI=1S/C11H9ClF3N3/c12-8-3-1-2-7(11(13,14)15)10(8)18-6-9-16-4-5-17-9/h1-5,18H,6H2,(H,16,17). The predicted molar refractivity (Wildman–Crippen MR) is 62.4 cm³/mol. The van der Waals surface area contributed by atoms with Crippen molar-refractivity contribution in [2.24, 2.45) is 0 Å². The van der Waals surface area contributed by atoms with Crippen LogP contribution in [0.5, 0.6) is 0 Å². The second kappa shape index (κ2) is 4.89. The molecule has 96 valence electrons. The molecule has 0 aliphatic heterocycles. The van der Waals surface area contributed by atoms with Crippen LogP contribution in [0.25, 0.3) is 0 Å². The van der Waals surface area contributed by atoms with Crippen LogP contribution >= 0.6 is 11.6 Å². The van der Waals surface area contributed by atoms with Gasteiger partial charge in [0.25, 0.3) is 0 Å². The predicted octanol–water partition coefficient (Wildman–Crippen LogP) is 3.69. The molecule has 0 bridgehead atoms.